The maximum Gasteiger partial charge on any atom is 0.146 e. The van der Waals surface area contributed by atoms with Crippen molar-refractivity contribution < 1.29 is 4.74 Å². The van der Waals surface area contributed by atoms with Crippen LogP contribution in [-0.2, 0) is 4.74 Å². The highest BCUT2D eigenvalue weighted by molar-refractivity contribution is 5.53. The van der Waals surface area contributed by atoms with Crippen LogP contribution >= 0.6 is 0 Å². The van der Waals surface area contributed by atoms with Gasteiger partial charge in [-0.3, -0.25) is 0 Å². The Balaban J connectivity index is 2.11. The molecule has 0 aliphatic carbocycles. The van der Waals surface area contributed by atoms with E-state index in [2.05, 4.69) is 20.9 Å². The van der Waals surface area contributed by atoms with E-state index >= 15 is 0 Å². The third kappa shape index (κ3) is 2.97. The van der Waals surface area contributed by atoms with Gasteiger partial charge in [0, 0.05) is 25.8 Å². The number of hydrogen-bond acceptors (Lipinski definition) is 5. The first-order chi connectivity index (χ1) is 8.70. The van der Waals surface area contributed by atoms with Gasteiger partial charge in [0.15, 0.2) is 0 Å². The summed E-state index contributed by atoms with van der Waals surface area (Å²) in [5.41, 5.74) is 0.628. The lowest BCUT2D eigenvalue weighted by Gasteiger charge is -2.35. The van der Waals surface area contributed by atoms with E-state index in [1.165, 1.54) is 0 Å². The van der Waals surface area contributed by atoms with Crippen LogP contribution in [0.4, 0.5) is 5.82 Å². The van der Waals surface area contributed by atoms with Gasteiger partial charge in [0.1, 0.15) is 11.9 Å². The monoisotopic (exact) mass is 246 g/mol. The van der Waals surface area contributed by atoms with Crippen LogP contribution in [0.5, 0.6) is 0 Å². The highest BCUT2D eigenvalue weighted by Gasteiger charge is 2.23. The number of ether oxygens (including phenoxy) is 1. The summed E-state index contributed by atoms with van der Waals surface area (Å²) >= 11 is 0. The molecule has 1 atom stereocenters. The number of nitriles is 1. The van der Waals surface area contributed by atoms with Crippen LogP contribution in [0.3, 0.4) is 0 Å². The summed E-state index contributed by atoms with van der Waals surface area (Å²) in [4.78, 5) is 8.57. The van der Waals surface area contributed by atoms with Gasteiger partial charge in [0.05, 0.1) is 18.3 Å². The predicted molar refractivity (Wildman–Crippen MR) is 69.5 cm³/mol. The van der Waals surface area contributed by atoms with Crippen molar-refractivity contribution in [3.8, 4) is 6.07 Å². The van der Waals surface area contributed by atoms with E-state index < -0.39 is 0 Å². The zero-order valence-corrected chi connectivity index (χ0v) is 10.8. The van der Waals surface area contributed by atoms with Crippen molar-refractivity contribution in [2.75, 3.05) is 45.2 Å². The van der Waals surface area contributed by atoms with Crippen molar-refractivity contribution in [1.82, 2.24) is 9.88 Å². The average molecular weight is 246 g/mol. The summed E-state index contributed by atoms with van der Waals surface area (Å²) in [5.74, 6) is 0.770. The molecule has 0 amide bonds. The Labute approximate surface area is 108 Å². The zero-order chi connectivity index (χ0) is 13.0. The first-order valence-electron chi connectivity index (χ1n) is 6.07. The molecule has 1 aromatic heterocycles. The van der Waals surface area contributed by atoms with Crippen molar-refractivity contribution in [3.63, 3.8) is 0 Å². The molecule has 0 bridgehead atoms. The van der Waals surface area contributed by atoms with E-state index in [0.29, 0.717) is 12.2 Å². The van der Waals surface area contributed by atoms with E-state index in [4.69, 9.17) is 10.00 Å². The molecule has 1 fully saturated rings. The lowest BCUT2D eigenvalue weighted by molar-refractivity contribution is 0.0245. The third-order valence-electron chi connectivity index (χ3n) is 2.91. The lowest BCUT2D eigenvalue weighted by atomic mass is 10.2. The van der Waals surface area contributed by atoms with Crippen LogP contribution in [-0.4, -0.2) is 56.3 Å². The molecular weight excluding hydrogens is 228 g/mol. The van der Waals surface area contributed by atoms with Gasteiger partial charge >= 0.3 is 0 Å². The molecule has 1 aromatic rings. The number of morpholine rings is 1. The zero-order valence-electron chi connectivity index (χ0n) is 10.8. The van der Waals surface area contributed by atoms with Gasteiger partial charge in [-0.05, 0) is 26.2 Å². The first-order valence-corrected chi connectivity index (χ1v) is 6.07. The second-order valence-corrected chi connectivity index (χ2v) is 4.69. The Morgan fingerprint density at radius 1 is 1.61 bits per heavy atom. The van der Waals surface area contributed by atoms with Crippen LogP contribution in [0.1, 0.15) is 5.56 Å². The van der Waals surface area contributed by atoms with Crippen molar-refractivity contribution in [1.29, 1.82) is 5.26 Å². The Morgan fingerprint density at radius 3 is 3.17 bits per heavy atom. The molecule has 18 heavy (non-hydrogen) atoms. The van der Waals surface area contributed by atoms with Crippen molar-refractivity contribution in [3.05, 3.63) is 23.9 Å². The highest BCUT2D eigenvalue weighted by Crippen LogP contribution is 2.19. The minimum Gasteiger partial charge on any atom is -0.373 e. The van der Waals surface area contributed by atoms with Gasteiger partial charge in [-0.25, -0.2) is 4.98 Å². The summed E-state index contributed by atoms with van der Waals surface area (Å²) in [6, 6.07) is 5.79. The van der Waals surface area contributed by atoms with E-state index in [0.717, 1.165) is 25.5 Å². The second-order valence-electron chi connectivity index (χ2n) is 4.69. The fourth-order valence-electron chi connectivity index (χ4n) is 2.17. The van der Waals surface area contributed by atoms with Gasteiger partial charge in [-0.2, -0.15) is 5.26 Å². The van der Waals surface area contributed by atoms with E-state index in [9.17, 15) is 0 Å². The maximum atomic E-state index is 9.10. The Hall–Kier alpha value is -1.64. The number of rotatable bonds is 3. The molecule has 0 saturated carbocycles. The molecule has 1 saturated heterocycles. The fraction of sp³-hybridized carbons (Fsp3) is 0.538. The van der Waals surface area contributed by atoms with Crippen molar-refractivity contribution in [2.24, 2.45) is 0 Å². The molecule has 1 aliphatic rings. The summed E-state index contributed by atoms with van der Waals surface area (Å²) in [7, 11) is 4.06. The second kappa shape index (κ2) is 5.80. The molecule has 5 nitrogen and oxygen atoms in total. The molecule has 1 aliphatic heterocycles. The van der Waals surface area contributed by atoms with Gasteiger partial charge in [0.2, 0.25) is 0 Å². The maximum absolute atomic E-state index is 9.10. The van der Waals surface area contributed by atoms with E-state index in [1.54, 1.807) is 18.3 Å². The minimum absolute atomic E-state index is 0.169. The van der Waals surface area contributed by atoms with Crippen LogP contribution in [0.15, 0.2) is 18.3 Å². The van der Waals surface area contributed by atoms with Crippen LogP contribution in [0.2, 0.25) is 0 Å². The Morgan fingerprint density at radius 2 is 2.44 bits per heavy atom. The molecule has 0 radical (unpaired) electrons. The molecule has 0 aromatic carbocycles. The number of nitrogens with zero attached hydrogens (tertiary/aromatic N) is 4. The Kier molecular flexibility index (Phi) is 4.13. The fourth-order valence-corrected chi connectivity index (χ4v) is 2.17. The third-order valence-corrected chi connectivity index (χ3v) is 2.91. The largest absolute Gasteiger partial charge is 0.373 e. The molecule has 2 rings (SSSR count). The van der Waals surface area contributed by atoms with Crippen LogP contribution < -0.4 is 4.90 Å². The lowest BCUT2D eigenvalue weighted by Crippen LogP contribution is -2.47. The summed E-state index contributed by atoms with van der Waals surface area (Å²) < 4.78 is 5.72. The normalized spacial score (nSPS) is 19.9. The molecular formula is C13H18N4O. The smallest absolute Gasteiger partial charge is 0.146 e. The molecule has 2 heterocycles. The molecule has 0 spiro atoms. The summed E-state index contributed by atoms with van der Waals surface area (Å²) in [5, 5.41) is 9.10. The van der Waals surface area contributed by atoms with Gasteiger partial charge in [-0.15, -0.1) is 0 Å². The van der Waals surface area contributed by atoms with Gasteiger partial charge in [0.25, 0.3) is 0 Å². The van der Waals surface area contributed by atoms with E-state index in [1.807, 2.05) is 14.1 Å². The first kappa shape index (κ1) is 12.8. The average Bonchev–Trinajstić information content (AvgIpc) is 2.38. The SMILES string of the molecule is CN(C)C[C@@H]1CN(c2ncccc2C#N)CCO1. The number of aromatic nitrogens is 1. The Bertz CT molecular complexity index is 441. The number of anilines is 1. The number of likely N-dealkylation sites (N-methyl/N-ethyl adjacent to an activating group) is 1. The van der Waals surface area contributed by atoms with E-state index in [-0.39, 0.29) is 6.10 Å². The minimum atomic E-state index is 0.169. The van der Waals surface area contributed by atoms with Crippen LogP contribution in [0.25, 0.3) is 0 Å². The number of hydrogen-bond donors (Lipinski definition) is 0. The summed E-state index contributed by atoms with van der Waals surface area (Å²) in [6.07, 6.45) is 1.90. The summed E-state index contributed by atoms with van der Waals surface area (Å²) in [6.45, 7) is 3.13. The van der Waals surface area contributed by atoms with Crippen molar-refractivity contribution >= 4 is 5.82 Å². The topological polar surface area (TPSA) is 52.4 Å². The molecule has 96 valence electrons. The van der Waals surface area contributed by atoms with Gasteiger partial charge in [-0.1, -0.05) is 0 Å². The molecule has 0 unspecified atom stereocenters. The van der Waals surface area contributed by atoms with Crippen molar-refractivity contribution in [2.45, 2.75) is 6.10 Å². The molecule has 5 heteroatoms. The standard InChI is InChI=1S/C13H18N4O/c1-16(2)9-12-10-17(6-7-18-12)13-11(8-14)4-3-5-15-13/h3-5,12H,6-7,9-10H2,1-2H3/t12-/m1/s1. The predicted octanol–water partition coefficient (Wildman–Crippen LogP) is 0.720. The molecule has 0 N–H and O–H groups in total. The number of pyridine rings is 1. The van der Waals surface area contributed by atoms with Crippen LogP contribution in [0, 0.1) is 11.3 Å². The van der Waals surface area contributed by atoms with Gasteiger partial charge < -0.3 is 14.5 Å². The highest BCUT2D eigenvalue weighted by atomic mass is 16.5. The quantitative estimate of drug-likeness (QED) is 0.786.